The van der Waals surface area contributed by atoms with Crippen LogP contribution >= 0.6 is 24.8 Å². The molecular weight excluding hydrogens is 337 g/mol. The van der Waals surface area contributed by atoms with Crippen molar-refractivity contribution in [3.05, 3.63) is 18.3 Å². The van der Waals surface area contributed by atoms with Crippen molar-refractivity contribution in [2.45, 2.75) is 17.9 Å². The van der Waals surface area contributed by atoms with E-state index in [1.165, 1.54) is 12.3 Å². The molecular formula is C12H19Cl2N3O3S. The summed E-state index contributed by atoms with van der Waals surface area (Å²) in [6.07, 6.45) is 3.95. The topological polar surface area (TPSA) is 88.2 Å². The maximum atomic E-state index is 11.8. The highest BCUT2D eigenvalue weighted by atomic mass is 35.5. The van der Waals surface area contributed by atoms with E-state index in [0.717, 1.165) is 25.8 Å². The minimum atomic E-state index is -3.30. The van der Waals surface area contributed by atoms with Gasteiger partial charge in [-0.2, -0.15) is 0 Å². The maximum Gasteiger partial charge on any atom is 0.224 e. The number of aromatic nitrogens is 1. The number of halogens is 2. The lowest BCUT2D eigenvalue weighted by Gasteiger charge is -2.09. The van der Waals surface area contributed by atoms with E-state index in [1.54, 1.807) is 6.07 Å². The highest BCUT2D eigenvalue weighted by Crippen LogP contribution is 2.15. The minimum absolute atomic E-state index is 0. The van der Waals surface area contributed by atoms with E-state index in [2.05, 4.69) is 15.6 Å². The normalized spacial score (nSPS) is 17.5. The molecule has 1 amide bonds. The van der Waals surface area contributed by atoms with Crippen LogP contribution in [0.5, 0.6) is 0 Å². The number of rotatable bonds is 4. The predicted molar refractivity (Wildman–Crippen MR) is 86.1 cm³/mol. The van der Waals surface area contributed by atoms with Crippen molar-refractivity contribution in [3.8, 4) is 0 Å². The molecule has 0 aliphatic carbocycles. The van der Waals surface area contributed by atoms with Gasteiger partial charge in [-0.15, -0.1) is 24.8 Å². The zero-order valence-corrected chi connectivity index (χ0v) is 14.0. The highest BCUT2D eigenvalue weighted by Gasteiger charge is 2.18. The van der Waals surface area contributed by atoms with Gasteiger partial charge in [0.2, 0.25) is 5.91 Å². The zero-order valence-electron chi connectivity index (χ0n) is 11.5. The molecule has 9 heteroatoms. The highest BCUT2D eigenvalue weighted by molar-refractivity contribution is 7.90. The summed E-state index contributed by atoms with van der Waals surface area (Å²) in [5.74, 6) is 0.311. The fourth-order valence-electron chi connectivity index (χ4n) is 2.04. The lowest BCUT2D eigenvalue weighted by molar-refractivity contribution is -0.116. The molecule has 1 aliphatic heterocycles. The first-order chi connectivity index (χ1) is 8.95. The minimum Gasteiger partial charge on any atom is -0.325 e. The van der Waals surface area contributed by atoms with Crippen LogP contribution in [0.15, 0.2) is 23.4 Å². The summed E-state index contributed by atoms with van der Waals surface area (Å²) in [5, 5.41) is 5.94. The van der Waals surface area contributed by atoms with Crippen LogP contribution in [0.25, 0.3) is 0 Å². The number of carbonyl (C=O) groups excluding carboxylic acids is 1. The fourth-order valence-corrected chi connectivity index (χ4v) is 2.60. The summed E-state index contributed by atoms with van der Waals surface area (Å²) in [7, 11) is -3.30. The molecule has 1 saturated heterocycles. The number of hydrogen-bond donors (Lipinski definition) is 2. The van der Waals surface area contributed by atoms with Crippen molar-refractivity contribution in [2.24, 2.45) is 5.92 Å². The Morgan fingerprint density at radius 3 is 2.62 bits per heavy atom. The van der Waals surface area contributed by atoms with Gasteiger partial charge in [-0.1, -0.05) is 0 Å². The molecule has 0 spiro atoms. The van der Waals surface area contributed by atoms with Crippen LogP contribution < -0.4 is 10.6 Å². The molecule has 0 aromatic carbocycles. The molecule has 6 nitrogen and oxygen atoms in total. The average molecular weight is 356 g/mol. The van der Waals surface area contributed by atoms with E-state index in [9.17, 15) is 13.2 Å². The molecule has 2 rings (SSSR count). The lowest BCUT2D eigenvalue weighted by Crippen LogP contribution is -2.18. The van der Waals surface area contributed by atoms with Gasteiger partial charge in [0, 0.05) is 12.7 Å². The Bertz CT molecular complexity index is 558. The van der Waals surface area contributed by atoms with Gasteiger partial charge >= 0.3 is 0 Å². The van der Waals surface area contributed by atoms with Crippen molar-refractivity contribution in [1.82, 2.24) is 10.3 Å². The smallest absolute Gasteiger partial charge is 0.224 e. The van der Waals surface area contributed by atoms with E-state index in [-0.39, 0.29) is 35.7 Å². The number of sulfone groups is 1. The second-order valence-electron chi connectivity index (χ2n) is 4.77. The quantitative estimate of drug-likeness (QED) is 0.848. The van der Waals surface area contributed by atoms with E-state index in [4.69, 9.17) is 0 Å². The monoisotopic (exact) mass is 355 g/mol. The second kappa shape index (κ2) is 8.53. The largest absolute Gasteiger partial charge is 0.325 e. The molecule has 120 valence electrons. The fraction of sp³-hybridized carbons (Fsp3) is 0.500. The number of nitrogens with one attached hydrogen (secondary N) is 2. The maximum absolute atomic E-state index is 11.8. The number of amides is 1. The third kappa shape index (κ3) is 6.17. The van der Waals surface area contributed by atoms with Crippen LogP contribution in [0.3, 0.4) is 0 Å². The van der Waals surface area contributed by atoms with Gasteiger partial charge in [0.25, 0.3) is 0 Å². The predicted octanol–water partition coefficient (Wildman–Crippen LogP) is 1.27. The molecule has 1 aromatic rings. The van der Waals surface area contributed by atoms with E-state index in [1.807, 2.05) is 0 Å². The van der Waals surface area contributed by atoms with E-state index < -0.39 is 9.84 Å². The Morgan fingerprint density at radius 2 is 2.14 bits per heavy atom. The number of anilines is 1. The summed E-state index contributed by atoms with van der Waals surface area (Å²) in [4.78, 5) is 15.6. The van der Waals surface area contributed by atoms with Gasteiger partial charge in [0.05, 0.1) is 11.9 Å². The van der Waals surface area contributed by atoms with Crippen LogP contribution in [0.1, 0.15) is 12.8 Å². The summed E-state index contributed by atoms with van der Waals surface area (Å²) < 4.78 is 22.5. The number of pyridine rings is 1. The first kappa shape index (κ1) is 20.1. The van der Waals surface area contributed by atoms with E-state index in [0.29, 0.717) is 18.0 Å². The van der Waals surface area contributed by atoms with Crippen molar-refractivity contribution < 1.29 is 13.2 Å². The molecule has 0 bridgehead atoms. The number of carbonyl (C=O) groups is 1. The van der Waals surface area contributed by atoms with E-state index >= 15 is 0 Å². The molecule has 1 fully saturated rings. The first-order valence-corrected chi connectivity index (χ1v) is 8.01. The standard InChI is InChI=1S/C12H17N3O3S.2ClH/c1-19(17,18)12-3-2-10(8-14-12)15-11(16)6-9-4-5-13-7-9;;/h2-3,8-9,13H,4-7H2,1H3,(H,15,16);2*1H. The molecule has 1 aliphatic rings. The summed E-state index contributed by atoms with van der Waals surface area (Å²) in [6, 6.07) is 2.94. The van der Waals surface area contributed by atoms with Gasteiger partial charge < -0.3 is 10.6 Å². The molecule has 0 radical (unpaired) electrons. The third-order valence-electron chi connectivity index (χ3n) is 3.04. The van der Waals surface area contributed by atoms with Crippen LogP contribution in [-0.4, -0.2) is 38.7 Å². The molecule has 2 heterocycles. The molecule has 1 unspecified atom stereocenters. The average Bonchev–Trinajstić information content (AvgIpc) is 2.81. The molecule has 0 saturated carbocycles. The molecule has 2 N–H and O–H groups in total. The van der Waals surface area contributed by atoms with Crippen molar-refractivity contribution in [2.75, 3.05) is 24.7 Å². The second-order valence-corrected chi connectivity index (χ2v) is 6.73. The van der Waals surface area contributed by atoms with Gasteiger partial charge in [-0.3, -0.25) is 4.79 Å². The number of nitrogens with zero attached hydrogens (tertiary/aromatic N) is 1. The lowest BCUT2D eigenvalue weighted by atomic mass is 10.0. The molecule has 1 atom stereocenters. The van der Waals surface area contributed by atoms with Gasteiger partial charge in [-0.05, 0) is 37.6 Å². The van der Waals surface area contributed by atoms with Crippen LogP contribution in [-0.2, 0) is 14.6 Å². The van der Waals surface area contributed by atoms with Crippen LogP contribution in [0.4, 0.5) is 5.69 Å². The summed E-state index contributed by atoms with van der Waals surface area (Å²) >= 11 is 0. The Morgan fingerprint density at radius 1 is 1.43 bits per heavy atom. The van der Waals surface area contributed by atoms with Crippen molar-refractivity contribution in [1.29, 1.82) is 0 Å². The van der Waals surface area contributed by atoms with Gasteiger partial charge in [0.15, 0.2) is 14.9 Å². The Balaban J connectivity index is 0.00000200. The van der Waals surface area contributed by atoms with Crippen molar-refractivity contribution in [3.63, 3.8) is 0 Å². The summed E-state index contributed by atoms with van der Waals surface area (Å²) in [5.41, 5.74) is 0.517. The SMILES string of the molecule is CS(=O)(=O)c1ccc(NC(=O)CC2CCNC2)cn1.Cl.Cl. The van der Waals surface area contributed by atoms with Gasteiger partial charge in [0.1, 0.15) is 0 Å². The molecule has 1 aromatic heterocycles. The van der Waals surface area contributed by atoms with Crippen LogP contribution in [0, 0.1) is 5.92 Å². The third-order valence-corrected chi connectivity index (χ3v) is 4.04. The number of hydrogen-bond acceptors (Lipinski definition) is 5. The Kier molecular flexibility index (Phi) is 8.17. The Labute approximate surface area is 136 Å². The molecule has 21 heavy (non-hydrogen) atoms. The zero-order chi connectivity index (χ0) is 13.9. The Hall–Kier alpha value is -0.890. The van der Waals surface area contributed by atoms with Gasteiger partial charge in [-0.25, -0.2) is 13.4 Å². The van der Waals surface area contributed by atoms with Crippen LogP contribution in [0.2, 0.25) is 0 Å². The summed E-state index contributed by atoms with van der Waals surface area (Å²) in [6.45, 7) is 1.83. The van der Waals surface area contributed by atoms with Crippen molar-refractivity contribution >= 4 is 46.2 Å². The first-order valence-electron chi connectivity index (χ1n) is 6.12.